The van der Waals surface area contributed by atoms with Gasteiger partial charge in [0.25, 0.3) is 0 Å². The van der Waals surface area contributed by atoms with Crippen molar-refractivity contribution in [3.8, 4) is 0 Å². The van der Waals surface area contributed by atoms with Crippen LogP contribution in [0.15, 0.2) is 60.1 Å². The fourth-order valence-electron chi connectivity index (χ4n) is 2.26. The van der Waals surface area contributed by atoms with E-state index in [0.717, 1.165) is 22.9 Å². The van der Waals surface area contributed by atoms with Crippen molar-refractivity contribution < 1.29 is 0 Å². The van der Waals surface area contributed by atoms with Crippen LogP contribution in [0, 0.1) is 6.92 Å². The molecular formula is C17H17N3S. The molecule has 3 nitrogen and oxygen atoms in total. The molecule has 0 amide bonds. The largest absolute Gasteiger partial charge is 0.298 e. The zero-order valence-electron chi connectivity index (χ0n) is 11.9. The van der Waals surface area contributed by atoms with E-state index in [9.17, 15) is 0 Å². The smallest absolute Gasteiger partial charge is 0.107 e. The topological polar surface area (TPSA) is 37.8 Å². The number of hydrogen-bond donors (Lipinski definition) is 1. The molecule has 2 aromatic heterocycles. The van der Waals surface area contributed by atoms with Gasteiger partial charge in [-0.3, -0.25) is 10.3 Å². The Hall–Kier alpha value is -2.04. The van der Waals surface area contributed by atoms with Gasteiger partial charge in [-0.15, -0.1) is 11.3 Å². The standard InChI is InChI=1S/C17H17N3S/c1-13-12-21-16(20-13)11-19-17(14-7-3-2-4-8-14)15-9-5-6-10-18-15/h2-10,12,17,19H,11H2,1H3. The second-order valence-electron chi connectivity index (χ2n) is 4.86. The molecule has 0 fully saturated rings. The molecule has 106 valence electrons. The molecule has 0 aliphatic carbocycles. The zero-order chi connectivity index (χ0) is 14.5. The summed E-state index contributed by atoms with van der Waals surface area (Å²) in [6.07, 6.45) is 1.83. The monoisotopic (exact) mass is 295 g/mol. The second kappa shape index (κ2) is 6.61. The molecule has 0 saturated heterocycles. The molecule has 0 aliphatic heterocycles. The van der Waals surface area contributed by atoms with Crippen LogP contribution in [0.5, 0.6) is 0 Å². The lowest BCUT2D eigenvalue weighted by Gasteiger charge is -2.18. The number of aromatic nitrogens is 2. The van der Waals surface area contributed by atoms with Crippen molar-refractivity contribution in [2.45, 2.75) is 19.5 Å². The van der Waals surface area contributed by atoms with Gasteiger partial charge in [-0.05, 0) is 24.6 Å². The van der Waals surface area contributed by atoms with E-state index in [1.807, 2.05) is 31.3 Å². The molecule has 2 heterocycles. The van der Waals surface area contributed by atoms with Gasteiger partial charge in [0.15, 0.2) is 0 Å². The predicted molar refractivity (Wildman–Crippen MR) is 86.2 cm³/mol. The van der Waals surface area contributed by atoms with Gasteiger partial charge in [-0.1, -0.05) is 36.4 Å². The summed E-state index contributed by atoms with van der Waals surface area (Å²) in [6, 6.07) is 16.5. The Morgan fingerprint density at radius 1 is 1.10 bits per heavy atom. The van der Waals surface area contributed by atoms with Gasteiger partial charge < -0.3 is 0 Å². The van der Waals surface area contributed by atoms with Crippen LogP contribution in [0.4, 0.5) is 0 Å². The van der Waals surface area contributed by atoms with E-state index >= 15 is 0 Å². The van der Waals surface area contributed by atoms with Crippen molar-refractivity contribution in [3.05, 3.63) is 82.1 Å². The number of pyridine rings is 1. The van der Waals surface area contributed by atoms with Crippen LogP contribution in [0.3, 0.4) is 0 Å². The molecule has 0 aliphatic rings. The summed E-state index contributed by atoms with van der Waals surface area (Å²) >= 11 is 1.69. The highest BCUT2D eigenvalue weighted by Gasteiger charge is 2.14. The lowest BCUT2D eigenvalue weighted by atomic mass is 10.0. The number of nitrogens with one attached hydrogen (secondary N) is 1. The molecule has 0 saturated carbocycles. The number of benzene rings is 1. The molecule has 4 heteroatoms. The maximum Gasteiger partial charge on any atom is 0.107 e. The minimum absolute atomic E-state index is 0.0802. The summed E-state index contributed by atoms with van der Waals surface area (Å²) in [7, 11) is 0. The van der Waals surface area contributed by atoms with Crippen molar-refractivity contribution in [1.82, 2.24) is 15.3 Å². The fraction of sp³-hybridized carbons (Fsp3) is 0.176. The van der Waals surface area contributed by atoms with Crippen molar-refractivity contribution >= 4 is 11.3 Å². The van der Waals surface area contributed by atoms with Crippen LogP contribution in [0.25, 0.3) is 0 Å². The molecular weight excluding hydrogens is 278 g/mol. The molecule has 0 bridgehead atoms. The van der Waals surface area contributed by atoms with Crippen molar-refractivity contribution in [2.24, 2.45) is 0 Å². The van der Waals surface area contributed by atoms with Gasteiger partial charge >= 0.3 is 0 Å². The van der Waals surface area contributed by atoms with E-state index in [1.165, 1.54) is 5.56 Å². The van der Waals surface area contributed by atoms with Crippen LogP contribution in [0.2, 0.25) is 0 Å². The van der Waals surface area contributed by atoms with Crippen LogP contribution >= 0.6 is 11.3 Å². The summed E-state index contributed by atoms with van der Waals surface area (Å²) in [5, 5.41) is 6.75. The first kappa shape index (κ1) is 13.9. The van der Waals surface area contributed by atoms with Gasteiger partial charge in [-0.25, -0.2) is 4.98 Å². The van der Waals surface area contributed by atoms with Crippen LogP contribution in [0.1, 0.15) is 28.0 Å². The average molecular weight is 295 g/mol. The SMILES string of the molecule is Cc1csc(CNC(c2ccccc2)c2ccccn2)n1. The molecule has 0 spiro atoms. The first-order valence-electron chi connectivity index (χ1n) is 6.93. The fourth-order valence-corrected chi connectivity index (χ4v) is 2.98. The Morgan fingerprint density at radius 3 is 2.57 bits per heavy atom. The van der Waals surface area contributed by atoms with Gasteiger partial charge in [0.05, 0.1) is 11.7 Å². The Labute approximate surface area is 128 Å². The van der Waals surface area contributed by atoms with E-state index in [2.05, 4.69) is 51.0 Å². The lowest BCUT2D eigenvalue weighted by molar-refractivity contribution is 0.590. The van der Waals surface area contributed by atoms with E-state index in [1.54, 1.807) is 11.3 Å². The van der Waals surface area contributed by atoms with E-state index in [-0.39, 0.29) is 6.04 Å². The zero-order valence-corrected chi connectivity index (χ0v) is 12.7. The Kier molecular flexibility index (Phi) is 4.38. The van der Waals surface area contributed by atoms with E-state index in [4.69, 9.17) is 0 Å². The Balaban J connectivity index is 1.83. The number of rotatable bonds is 5. The highest BCUT2D eigenvalue weighted by atomic mass is 32.1. The summed E-state index contributed by atoms with van der Waals surface area (Å²) in [5.74, 6) is 0. The minimum atomic E-state index is 0.0802. The average Bonchev–Trinajstić information content (AvgIpc) is 2.95. The molecule has 1 unspecified atom stereocenters. The Bertz CT molecular complexity index is 640. The first-order chi connectivity index (χ1) is 10.3. The maximum atomic E-state index is 4.51. The normalized spacial score (nSPS) is 12.2. The molecule has 3 aromatic rings. The molecule has 0 radical (unpaired) electrons. The second-order valence-corrected chi connectivity index (χ2v) is 5.80. The van der Waals surface area contributed by atoms with Crippen LogP contribution in [-0.2, 0) is 6.54 Å². The van der Waals surface area contributed by atoms with Crippen molar-refractivity contribution in [1.29, 1.82) is 0 Å². The van der Waals surface area contributed by atoms with Gasteiger partial charge in [0, 0.05) is 23.8 Å². The highest BCUT2D eigenvalue weighted by molar-refractivity contribution is 7.09. The van der Waals surface area contributed by atoms with Gasteiger partial charge in [-0.2, -0.15) is 0 Å². The Morgan fingerprint density at radius 2 is 1.90 bits per heavy atom. The third kappa shape index (κ3) is 3.54. The van der Waals surface area contributed by atoms with Gasteiger partial charge in [0.2, 0.25) is 0 Å². The van der Waals surface area contributed by atoms with Gasteiger partial charge in [0.1, 0.15) is 5.01 Å². The van der Waals surface area contributed by atoms with E-state index in [0.29, 0.717) is 0 Å². The number of nitrogens with zero attached hydrogens (tertiary/aromatic N) is 2. The summed E-state index contributed by atoms with van der Waals surface area (Å²) in [5.41, 5.74) is 3.31. The van der Waals surface area contributed by atoms with Crippen LogP contribution in [-0.4, -0.2) is 9.97 Å². The molecule has 1 aromatic carbocycles. The third-order valence-corrected chi connectivity index (χ3v) is 4.21. The number of aryl methyl sites for hydroxylation is 1. The van der Waals surface area contributed by atoms with Crippen LogP contribution < -0.4 is 5.32 Å². The molecule has 1 N–H and O–H groups in total. The quantitative estimate of drug-likeness (QED) is 0.779. The summed E-state index contributed by atoms with van der Waals surface area (Å²) in [4.78, 5) is 9.00. The van der Waals surface area contributed by atoms with Crippen molar-refractivity contribution in [3.63, 3.8) is 0 Å². The van der Waals surface area contributed by atoms with E-state index < -0.39 is 0 Å². The summed E-state index contributed by atoms with van der Waals surface area (Å²) in [6.45, 7) is 2.77. The lowest BCUT2D eigenvalue weighted by Crippen LogP contribution is -2.22. The highest BCUT2D eigenvalue weighted by Crippen LogP contribution is 2.21. The predicted octanol–water partition coefficient (Wildman–Crippen LogP) is 3.73. The first-order valence-corrected chi connectivity index (χ1v) is 7.81. The number of thiazole rings is 1. The number of hydrogen-bond acceptors (Lipinski definition) is 4. The molecule has 1 atom stereocenters. The summed E-state index contributed by atoms with van der Waals surface area (Å²) < 4.78 is 0. The third-order valence-electron chi connectivity index (χ3n) is 3.24. The molecule has 21 heavy (non-hydrogen) atoms. The molecule has 3 rings (SSSR count). The maximum absolute atomic E-state index is 4.51. The minimum Gasteiger partial charge on any atom is -0.298 e. The van der Waals surface area contributed by atoms with Crippen molar-refractivity contribution in [2.75, 3.05) is 0 Å².